The third-order valence-corrected chi connectivity index (χ3v) is 4.67. The van der Waals surface area contributed by atoms with E-state index in [0.29, 0.717) is 18.7 Å². The summed E-state index contributed by atoms with van der Waals surface area (Å²) in [4.78, 5) is 31.2. The lowest BCUT2D eigenvalue weighted by Gasteiger charge is -2.26. The van der Waals surface area contributed by atoms with Crippen molar-refractivity contribution in [3.05, 3.63) is 34.0 Å². The minimum Gasteiger partial charge on any atom is -0.443 e. The minimum absolute atomic E-state index is 0.288. The third kappa shape index (κ3) is 6.42. The number of hydrogen-bond donors (Lipinski definition) is 1. The van der Waals surface area contributed by atoms with Gasteiger partial charge in [-0.1, -0.05) is 0 Å². The Kier molecular flexibility index (Phi) is 7.70. The SMILES string of the molecule is CCn1nc(C)cc1C(=O)N(CCC[NH2+]Cc1nccs1)C(=O)OC(C)(C)C. The van der Waals surface area contributed by atoms with Crippen molar-refractivity contribution in [2.24, 2.45) is 0 Å². The van der Waals surface area contributed by atoms with E-state index < -0.39 is 11.7 Å². The maximum atomic E-state index is 13.1. The Hall–Kier alpha value is -2.26. The fraction of sp³-hybridized carbons (Fsp3) is 0.579. The van der Waals surface area contributed by atoms with Gasteiger partial charge in [0.25, 0.3) is 5.91 Å². The number of nitrogens with two attached hydrogens (primary N) is 1. The Morgan fingerprint density at radius 3 is 2.71 bits per heavy atom. The van der Waals surface area contributed by atoms with Gasteiger partial charge >= 0.3 is 6.09 Å². The molecular weight excluding hydrogens is 378 g/mol. The molecule has 2 aromatic rings. The van der Waals surface area contributed by atoms with Crippen LogP contribution in [0.5, 0.6) is 0 Å². The molecule has 9 heteroatoms. The molecule has 0 aliphatic heterocycles. The normalized spacial score (nSPS) is 11.5. The number of hydrogen-bond acceptors (Lipinski definition) is 6. The highest BCUT2D eigenvalue weighted by atomic mass is 32.1. The van der Waals surface area contributed by atoms with Gasteiger partial charge in [-0.05, 0) is 40.7 Å². The summed E-state index contributed by atoms with van der Waals surface area (Å²) >= 11 is 1.62. The van der Waals surface area contributed by atoms with Gasteiger partial charge in [0.05, 0.1) is 12.2 Å². The van der Waals surface area contributed by atoms with Gasteiger partial charge in [0.2, 0.25) is 0 Å². The van der Waals surface area contributed by atoms with E-state index in [0.717, 1.165) is 23.8 Å². The second-order valence-corrected chi connectivity index (χ2v) is 8.46. The molecule has 0 bridgehead atoms. The van der Waals surface area contributed by atoms with Gasteiger partial charge in [0, 0.05) is 31.1 Å². The van der Waals surface area contributed by atoms with E-state index >= 15 is 0 Å². The number of rotatable bonds is 8. The molecule has 0 atom stereocenters. The molecule has 2 heterocycles. The molecule has 0 fully saturated rings. The molecule has 0 saturated carbocycles. The summed E-state index contributed by atoms with van der Waals surface area (Å²) in [6.45, 7) is 11.5. The molecule has 0 aliphatic rings. The van der Waals surface area contributed by atoms with Crippen molar-refractivity contribution in [3.8, 4) is 0 Å². The zero-order valence-corrected chi connectivity index (χ0v) is 18.1. The molecule has 0 saturated heterocycles. The Morgan fingerprint density at radius 2 is 2.11 bits per heavy atom. The fourth-order valence-corrected chi connectivity index (χ4v) is 3.28. The van der Waals surface area contributed by atoms with Crippen molar-refractivity contribution in [2.45, 2.75) is 59.7 Å². The largest absolute Gasteiger partial charge is 0.443 e. The molecule has 0 spiro atoms. The predicted octanol–water partition coefficient (Wildman–Crippen LogP) is 2.20. The van der Waals surface area contributed by atoms with Crippen LogP contribution in [0.3, 0.4) is 0 Å². The van der Waals surface area contributed by atoms with Gasteiger partial charge < -0.3 is 10.1 Å². The second kappa shape index (κ2) is 9.79. The molecule has 2 rings (SSSR count). The highest BCUT2D eigenvalue weighted by Gasteiger charge is 2.30. The summed E-state index contributed by atoms with van der Waals surface area (Å²) in [5, 5.41) is 9.44. The summed E-state index contributed by atoms with van der Waals surface area (Å²) < 4.78 is 7.07. The topological polar surface area (TPSA) is 93.9 Å². The standard InChI is InChI=1S/C19H29N5O3S/c1-6-24-15(12-14(2)22-24)17(25)23(18(26)27-19(3,4)5)10-7-8-20-13-16-21-9-11-28-16/h9,11-12,20H,6-8,10,13H2,1-5H3/p+1. The maximum absolute atomic E-state index is 13.1. The number of ether oxygens (including phenoxy) is 1. The van der Waals surface area contributed by atoms with Crippen LogP contribution in [0.1, 0.15) is 55.3 Å². The van der Waals surface area contributed by atoms with Gasteiger partial charge in [0.15, 0.2) is 0 Å². The maximum Gasteiger partial charge on any atom is 0.417 e. The van der Waals surface area contributed by atoms with E-state index in [-0.39, 0.29) is 12.5 Å². The van der Waals surface area contributed by atoms with E-state index in [2.05, 4.69) is 15.4 Å². The van der Waals surface area contributed by atoms with Crippen molar-refractivity contribution in [2.75, 3.05) is 13.1 Å². The quantitative estimate of drug-likeness (QED) is 0.676. The number of amides is 2. The Morgan fingerprint density at radius 1 is 1.36 bits per heavy atom. The lowest BCUT2D eigenvalue weighted by molar-refractivity contribution is -0.670. The summed E-state index contributed by atoms with van der Waals surface area (Å²) in [6, 6.07) is 1.71. The first-order chi connectivity index (χ1) is 13.2. The van der Waals surface area contributed by atoms with Crippen LogP contribution in [-0.4, -0.2) is 50.4 Å². The number of imide groups is 1. The first-order valence-electron chi connectivity index (χ1n) is 9.50. The van der Waals surface area contributed by atoms with Gasteiger partial charge in [-0.25, -0.2) is 14.7 Å². The van der Waals surface area contributed by atoms with E-state index in [1.165, 1.54) is 4.90 Å². The van der Waals surface area contributed by atoms with Crippen LogP contribution in [0.4, 0.5) is 4.79 Å². The van der Waals surface area contributed by atoms with Crippen LogP contribution in [0.2, 0.25) is 0 Å². The zero-order valence-electron chi connectivity index (χ0n) is 17.3. The number of carbonyl (C=O) groups excluding carboxylic acids is 2. The van der Waals surface area contributed by atoms with Crippen LogP contribution in [-0.2, 0) is 17.8 Å². The highest BCUT2D eigenvalue weighted by molar-refractivity contribution is 7.09. The predicted molar refractivity (Wildman–Crippen MR) is 107 cm³/mol. The molecule has 0 unspecified atom stereocenters. The molecule has 154 valence electrons. The smallest absolute Gasteiger partial charge is 0.417 e. The second-order valence-electron chi connectivity index (χ2n) is 7.48. The van der Waals surface area contributed by atoms with Gasteiger partial charge in [-0.2, -0.15) is 5.10 Å². The average Bonchev–Trinajstić information content (AvgIpc) is 3.25. The molecule has 0 radical (unpaired) electrons. The van der Waals surface area contributed by atoms with Gasteiger partial charge in [0.1, 0.15) is 22.8 Å². The summed E-state index contributed by atoms with van der Waals surface area (Å²) in [6.07, 6.45) is 1.82. The first kappa shape index (κ1) is 22.0. The zero-order chi connectivity index (χ0) is 20.7. The van der Waals surface area contributed by atoms with Crippen LogP contribution >= 0.6 is 11.3 Å². The highest BCUT2D eigenvalue weighted by Crippen LogP contribution is 2.14. The average molecular weight is 409 g/mol. The van der Waals surface area contributed by atoms with Crippen molar-refractivity contribution >= 4 is 23.3 Å². The molecule has 8 nitrogen and oxygen atoms in total. The number of nitrogens with zero attached hydrogens (tertiary/aromatic N) is 4. The van der Waals surface area contributed by atoms with E-state index in [1.54, 1.807) is 49.1 Å². The minimum atomic E-state index is -0.673. The lowest BCUT2D eigenvalue weighted by atomic mass is 10.2. The molecule has 2 aromatic heterocycles. The number of thiazole rings is 1. The molecule has 0 aromatic carbocycles. The van der Waals surface area contributed by atoms with Crippen LogP contribution in [0.15, 0.2) is 17.6 Å². The first-order valence-corrected chi connectivity index (χ1v) is 10.4. The summed E-state index contributed by atoms with van der Waals surface area (Å²) in [7, 11) is 0. The summed E-state index contributed by atoms with van der Waals surface area (Å²) in [5.74, 6) is -0.378. The van der Waals surface area contributed by atoms with Crippen molar-refractivity contribution in [1.29, 1.82) is 0 Å². The summed E-state index contributed by atoms with van der Waals surface area (Å²) in [5.41, 5.74) is 0.469. The Labute approximate surface area is 169 Å². The van der Waals surface area contributed by atoms with Crippen LogP contribution in [0, 0.1) is 6.92 Å². The van der Waals surface area contributed by atoms with Crippen molar-refractivity contribution in [1.82, 2.24) is 19.7 Å². The van der Waals surface area contributed by atoms with Gasteiger partial charge in [-0.3, -0.25) is 9.48 Å². The van der Waals surface area contributed by atoms with Crippen LogP contribution in [0.25, 0.3) is 0 Å². The van der Waals surface area contributed by atoms with Crippen molar-refractivity contribution < 1.29 is 19.6 Å². The van der Waals surface area contributed by atoms with E-state index in [4.69, 9.17) is 4.74 Å². The van der Waals surface area contributed by atoms with Gasteiger partial charge in [-0.15, -0.1) is 11.3 Å². The van der Waals surface area contributed by atoms with E-state index in [1.807, 2.05) is 19.2 Å². The molecule has 2 N–H and O–H groups in total. The van der Waals surface area contributed by atoms with Crippen molar-refractivity contribution in [3.63, 3.8) is 0 Å². The lowest BCUT2D eigenvalue weighted by Crippen LogP contribution is -2.82. The molecule has 2 amide bonds. The number of aryl methyl sites for hydroxylation is 2. The molecular formula is C19H30N5O3S+. The Balaban J connectivity index is 2.03. The third-order valence-electron chi connectivity index (χ3n) is 3.87. The fourth-order valence-electron chi connectivity index (χ4n) is 2.66. The Bertz CT molecular complexity index is 780. The van der Waals surface area contributed by atoms with E-state index in [9.17, 15) is 9.59 Å². The monoisotopic (exact) mass is 408 g/mol. The number of quaternary nitrogens is 1. The number of aromatic nitrogens is 3. The molecule has 28 heavy (non-hydrogen) atoms. The van der Waals surface area contributed by atoms with Crippen LogP contribution < -0.4 is 5.32 Å². The molecule has 0 aliphatic carbocycles. The number of carbonyl (C=O) groups is 2.